The van der Waals surface area contributed by atoms with Crippen LogP contribution in [0.15, 0.2) is 24.5 Å². The molecule has 9 nitrogen and oxygen atoms in total. The maximum Gasteiger partial charge on any atom is 0.225 e. The second kappa shape index (κ2) is 8.66. The van der Waals surface area contributed by atoms with Crippen molar-refractivity contribution in [2.75, 3.05) is 80.2 Å². The topological polar surface area (TPSA) is 84.8 Å². The minimum absolute atomic E-state index is 0.220. The summed E-state index contributed by atoms with van der Waals surface area (Å²) in [4.78, 5) is 17.9. The van der Waals surface area contributed by atoms with Crippen molar-refractivity contribution in [3.05, 3.63) is 30.1 Å². The zero-order chi connectivity index (χ0) is 19.3. The lowest BCUT2D eigenvalue weighted by molar-refractivity contribution is 0.188. The quantitative estimate of drug-likeness (QED) is 0.766. The predicted octanol–water partition coefficient (Wildman–Crippen LogP) is 0.0159. The molecule has 1 N–H and O–H groups in total. The Labute approximate surface area is 165 Å². The molecule has 0 spiro atoms. The molecule has 2 aromatic rings. The van der Waals surface area contributed by atoms with Crippen molar-refractivity contribution in [2.45, 2.75) is 6.92 Å². The third-order valence-corrected chi connectivity index (χ3v) is 5.40. The summed E-state index contributed by atoms with van der Waals surface area (Å²) in [6.07, 6.45) is 3.73. The third kappa shape index (κ3) is 4.31. The Bertz CT molecular complexity index is 738. The van der Waals surface area contributed by atoms with Crippen molar-refractivity contribution < 1.29 is 5.11 Å². The van der Waals surface area contributed by atoms with E-state index in [-0.39, 0.29) is 6.61 Å². The second-order valence-electron chi connectivity index (χ2n) is 7.34. The maximum absolute atomic E-state index is 9.06. The first-order chi connectivity index (χ1) is 13.7. The number of piperazine rings is 2. The van der Waals surface area contributed by atoms with Crippen LogP contribution in [-0.4, -0.2) is 95.7 Å². The SMILES string of the molecule is Cc1cnc(N2CCN(c3ccc(N4CCN(CCO)CC4)nn3)CC2)nc1. The van der Waals surface area contributed by atoms with Gasteiger partial charge in [-0.15, -0.1) is 10.2 Å². The van der Waals surface area contributed by atoms with Crippen LogP contribution in [0.2, 0.25) is 0 Å². The molecule has 0 aliphatic carbocycles. The first-order valence-corrected chi connectivity index (χ1v) is 9.93. The zero-order valence-corrected chi connectivity index (χ0v) is 16.4. The highest BCUT2D eigenvalue weighted by Crippen LogP contribution is 2.19. The standard InChI is InChI=1S/C19H28N8O/c1-16-14-20-19(21-15-16)27-10-8-26(9-11-27)18-3-2-17(22-23-18)25-6-4-24(5-7-25)12-13-28/h2-3,14-15,28H,4-13H2,1H3. The molecular weight excluding hydrogens is 356 g/mol. The average Bonchev–Trinajstić information content (AvgIpc) is 2.75. The van der Waals surface area contributed by atoms with Gasteiger partial charge in [-0.05, 0) is 24.6 Å². The number of β-amino-alcohol motifs (C(OH)–C–C–N with tert-alkyl or cyclic N) is 1. The molecule has 0 saturated carbocycles. The predicted molar refractivity (Wildman–Crippen MR) is 109 cm³/mol. The van der Waals surface area contributed by atoms with Crippen molar-refractivity contribution >= 4 is 17.6 Å². The van der Waals surface area contributed by atoms with Gasteiger partial charge in [0.2, 0.25) is 5.95 Å². The molecule has 2 aliphatic rings. The molecule has 9 heteroatoms. The minimum Gasteiger partial charge on any atom is -0.395 e. The minimum atomic E-state index is 0.220. The molecule has 2 fully saturated rings. The monoisotopic (exact) mass is 384 g/mol. The number of aliphatic hydroxyl groups is 1. The first-order valence-electron chi connectivity index (χ1n) is 9.93. The number of aryl methyl sites for hydroxylation is 1. The molecular formula is C19H28N8O. The Morgan fingerprint density at radius 2 is 1.29 bits per heavy atom. The molecule has 28 heavy (non-hydrogen) atoms. The van der Waals surface area contributed by atoms with Crippen molar-refractivity contribution in [1.82, 2.24) is 25.1 Å². The molecule has 4 heterocycles. The van der Waals surface area contributed by atoms with E-state index in [2.05, 4.69) is 51.9 Å². The van der Waals surface area contributed by atoms with Crippen molar-refractivity contribution in [3.63, 3.8) is 0 Å². The van der Waals surface area contributed by atoms with Crippen LogP contribution in [0.4, 0.5) is 17.6 Å². The highest BCUT2D eigenvalue weighted by atomic mass is 16.3. The van der Waals surface area contributed by atoms with E-state index in [4.69, 9.17) is 5.11 Å². The van der Waals surface area contributed by atoms with Crippen LogP contribution in [0, 0.1) is 6.92 Å². The number of nitrogens with zero attached hydrogens (tertiary/aromatic N) is 8. The van der Waals surface area contributed by atoms with Crippen molar-refractivity contribution in [2.24, 2.45) is 0 Å². The van der Waals surface area contributed by atoms with Gasteiger partial charge in [0.15, 0.2) is 11.6 Å². The van der Waals surface area contributed by atoms with Crippen LogP contribution >= 0.6 is 0 Å². The van der Waals surface area contributed by atoms with E-state index in [1.165, 1.54) is 0 Å². The van der Waals surface area contributed by atoms with E-state index in [0.717, 1.165) is 82.1 Å². The molecule has 0 aromatic carbocycles. The van der Waals surface area contributed by atoms with E-state index in [1.54, 1.807) is 0 Å². The van der Waals surface area contributed by atoms with Crippen LogP contribution in [0.3, 0.4) is 0 Å². The van der Waals surface area contributed by atoms with Gasteiger partial charge in [-0.1, -0.05) is 0 Å². The molecule has 2 saturated heterocycles. The molecule has 0 bridgehead atoms. The lowest BCUT2D eigenvalue weighted by atomic mass is 10.3. The van der Waals surface area contributed by atoms with Gasteiger partial charge >= 0.3 is 0 Å². The van der Waals surface area contributed by atoms with Gasteiger partial charge < -0.3 is 19.8 Å². The summed E-state index contributed by atoms with van der Waals surface area (Å²) in [5.41, 5.74) is 1.08. The van der Waals surface area contributed by atoms with E-state index in [0.29, 0.717) is 0 Å². The lowest BCUT2D eigenvalue weighted by Gasteiger charge is -2.36. The number of aromatic nitrogens is 4. The summed E-state index contributed by atoms with van der Waals surface area (Å²) in [5.74, 6) is 2.65. The van der Waals surface area contributed by atoms with Crippen molar-refractivity contribution in [3.8, 4) is 0 Å². The smallest absolute Gasteiger partial charge is 0.225 e. The summed E-state index contributed by atoms with van der Waals surface area (Å²) in [5, 5.41) is 18.0. The van der Waals surface area contributed by atoms with Gasteiger partial charge in [-0.25, -0.2) is 9.97 Å². The van der Waals surface area contributed by atoms with Crippen LogP contribution in [0.25, 0.3) is 0 Å². The van der Waals surface area contributed by atoms with Gasteiger partial charge in [-0.2, -0.15) is 0 Å². The normalized spacial score (nSPS) is 18.6. The lowest BCUT2D eigenvalue weighted by Crippen LogP contribution is -2.48. The van der Waals surface area contributed by atoms with E-state index in [1.807, 2.05) is 19.3 Å². The first kappa shape index (κ1) is 18.8. The fraction of sp³-hybridized carbons (Fsp3) is 0.579. The van der Waals surface area contributed by atoms with E-state index >= 15 is 0 Å². The Kier molecular flexibility index (Phi) is 5.82. The molecule has 150 valence electrons. The number of hydrogen-bond donors (Lipinski definition) is 1. The fourth-order valence-electron chi connectivity index (χ4n) is 3.68. The van der Waals surface area contributed by atoms with Crippen molar-refractivity contribution in [1.29, 1.82) is 0 Å². The molecule has 2 aromatic heterocycles. The Morgan fingerprint density at radius 1 is 0.786 bits per heavy atom. The third-order valence-electron chi connectivity index (χ3n) is 5.40. The highest BCUT2D eigenvalue weighted by molar-refractivity contribution is 5.47. The van der Waals surface area contributed by atoms with Gasteiger partial charge in [0, 0.05) is 71.3 Å². The number of anilines is 3. The second-order valence-corrected chi connectivity index (χ2v) is 7.34. The summed E-state index contributed by atoms with van der Waals surface area (Å²) in [6, 6.07) is 4.14. The van der Waals surface area contributed by atoms with Gasteiger partial charge in [0.25, 0.3) is 0 Å². The number of hydrogen-bond acceptors (Lipinski definition) is 9. The molecule has 4 rings (SSSR count). The Hall–Kier alpha value is -2.52. The largest absolute Gasteiger partial charge is 0.395 e. The average molecular weight is 384 g/mol. The van der Waals surface area contributed by atoms with E-state index in [9.17, 15) is 0 Å². The summed E-state index contributed by atoms with van der Waals surface area (Å²) >= 11 is 0. The number of rotatable bonds is 5. The fourth-order valence-corrected chi connectivity index (χ4v) is 3.68. The van der Waals surface area contributed by atoms with Gasteiger partial charge in [0.1, 0.15) is 0 Å². The summed E-state index contributed by atoms with van der Waals surface area (Å²) in [6.45, 7) is 10.2. The van der Waals surface area contributed by atoms with E-state index < -0.39 is 0 Å². The molecule has 2 aliphatic heterocycles. The molecule has 0 unspecified atom stereocenters. The number of aliphatic hydroxyl groups excluding tert-OH is 1. The summed E-state index contributed by atoms with van der Waals surface area (Å²) in [7, 11) is 0. The van der Waals surface area contributed by atoms with Crippen LogP contribution in [0.5, 0.6) is 0 Å². The summed E-state index contributed by atoms with van der Waals surface area (Å²) < 4.78 is 0. The molecule has 0 amide bonds. The Morgan fingerprint density at radius 3 is 1.79 bits per heavy atom. The zero-order valence-electron chi connectivity index (χ0n) is 16.4. The van der Waals surface area contributed by atoms with Gasteiger partial charge in [-0.3, -0.25) is 4.90 Å². The Balaban J connectivity index is 1.31. The molecule has 0 atom stereocenters. The van der Waals surface area contributed by atoms with Crippen LogP contribution in [0.1, 0.15) is 5.56 Å². The van der Waals surface area contributed by atoms with Gasteiger partial charge in [0.05, 0.1) is 6.61 Å². The van der Waals surface area contributed by atoms with Crippen LogP contribution in [-0.2, 0) is 0 Å². The highest BCUT2D eigenvalue weighted by Gasteiger charge is 2.21. The molecule has 0 radical (unpaired) electrons. The maximum atomic E-state index is 9.06. The van der Waals surface area contributed by atoms with Crippen LogP contribution < -0.4 is 14.7 Å².